The van der Waals surface area contributed by atoms with Crippen LogP contribution in [0.25, 0.3) is 11.1 Å². The van der Waals surface area contributed by atoms with E-state index in [-0.39, 0.29) is 15.6 Å². The number of nitrogens with one attached hydrogen (secondary N) is 1. The molecule has 2 aromatic carbocycles. The molecule has 0 atom stereocenters. The molecule has 0 amide bonds. The Balaban J connectivity index is 2.12. The summed E-state index contributed by atoms with van der Waals surface area (Å²) in [5, 5.41) is 0.177. The van der Waals surface area contributed by atoms with Gasteiger partial charge in [-0.25, -0.2) is 12.8 Å². The molecule has 128 valence electrons. The van der Waals surface area contributed by atoms with Gasteiger partial charge in [-0.3, -0.25) is 9.71 Å². The number of nitrogens with zero attached hydrogens (tertiary/aromatic N) is 1. The SMILES string of the molecule is Cc1cncc(S(=O)(=O)Nc2c(F)cc(Cl)cc2-c2ccccc2)c1. The summed E-state index contributed by atoms with van der Waals surface area (Å²) in [6, 6.07) is 12.9. The molecule has 1 heterocycles. The van der Waals surface area contributed by atoms with E-state index in [1.165, 1.54) is 24.5 Å². The van der Waals surface area contributed by atoms with Gasteiger partial charge in [-0.05, 0) is 36.2 Å². The fourth-order valence-corrected chi connectivity index (χ4v) is 3.73. The highest BCUT2D eigenvalue weighted by molar-refractivity contribution is 7.92. The molecule has 7 heteroatoms. The third-order valence-corrected chi connectivity index (χ3v) is 5.07. The molecule has 0 aliphatic heterocycles. The predicted molar refractivity (Wildman–Crippen MR) is 96.6 cm³/mol. The van der Waals surface area contributed by atoms with E-state index in [4.69, 9.17) is 11.6 Å². The van der Waals surface area contributed by atoms with Crippen molar-refractivity contribution in [2.24, 2.45) is 0 Å². The van der Waals surface area contributed by atoms with Crippen LogP contribution in [0.2, 0.25) is 5.02 Å². The van der Waals surface area contributed by atoms with Gasteiger partial charge in [0.05, 0.1) is 5.69 Å². The van der Waals surface area contributed by atoms with Gasteiger partial charge in [0.1, 0.15) is 10.7 Å². The Kier molecular flexibility index (Phi) is 4.74. The van der Waals surface area contributed by atoms with Gasteiger partial charge in [0.2, 0.25) is 0 Å². The van der Waals surface area contributed by atoms with Crippen molar-refractivity contribution in [3.63, 3.8) is 0 Å². The van der Waals surface area contributed by atoms with Crippen LogP contribution in [-0.4, -0.2) is 13.4 Å². The predicted octanol–water partition coefficient (Wildman–Crippen LogP) is 4.65. The Morgan fingerprint density at radius 3 is 2.48 bits per heavy atom. The molecule has 0 fully saturated rings. The zero-order chi connectivity index (χ0) is 18.0. The number of benzene rings is 2. The summed E-state index contributed by atoms with van der Waals surface area (Å²) in [7, 11) is -4.00. The molecule has 4 nitrogen and oxygen atoms in total. The van der Waals surface area contributed by atoms with Crippen molar-refractivity contribution < 1.29 is 12.8 Å². The molecule has 0 saturated carbocycles. The highest BCUT2D eigenvalue weighted by Crippen LogP contribution is 2.34. The number of halogens is 2. The number of rotatable bonds is 4. The topological polar surface area (TPSA) is 59.1 Å². The van der Waals surface area contributed by atoms with Gasteiger partial charge in [0.15, 0.2) is 0 Å². The van der Waals surface area contributed by atoms with Gasteiger partial charge in [-0.2, -0.15) is 0 Å². The first-order valence-electron chi connectivity index (χ1n) is 7.36. The minimum Gasteiger partial charge on any atom is -0.276 e. The van der Waals surface area contributed by atoms with Crippen molar-refractivity contribution in [2.45, 2.75) is 11.8 Å². The summed E-state index contributed by atoms with van der Waals surface area (Å²) in [6.07, 6.45) is 2.75. The first-order chi connectivity index (χ1) is 11.9. The molecule has 1 N–H and O–H groups in total. The molecule has 0 unspecified atom stereocenters. The number of aromatic nitrogens is 1. The van der Waals surface area contributed by atoms with Gasteiger partial charge < -0.3 is 0 Å². The average Bonchev–Trinajstić information content (AvgIpc) is 2.58. The summed E-state index contributed by atoms with van der Waals surface area (Å²) in [5.74, 6) is -0.754. The molecule has 0 bridgehead atoms. The molecule has 0 aliphatic rings. The Morgan fingerprint density at radius 1 is 1.08 bits per heavy atom. The van der Waals surface area contributed by atoms with E-state index in [0.29, 0.717) is 16.7 Å². The number of pyridine rings is 1. The largest absolute Gasteiger partial charge is 0.276 e. The minimum atomic E-state index is -4.00. The van der Waals surface area contributed by atoms with Crippen LogP contribution in [0.3, 0.4) is 0 Å². The second-order valence-corrected chi connectivity index (χ2v) is 7.60. The highest BCUT2D eigenvalue weighted by Gasteiger charge is 2.21. The molecule has 0 saturated heterocycles. The average molecular weight is 377 g/mol. The van der Waals surface area contributed by atoms with Crippen LogP contribution in [0.5, 0.6) is 0 Å². The molecule has 25 heavy (non-hydrogen) atoms. The normalized spacial score (nSPS) is 11.3. The van der Waals surface area contributed by atoms with Crippen LogP contribution in [0, 0.1) is 12.7 Å². The van der Waals surface area contributed by atoms with Crippen LogP contribution in [-0.2, 0) is 10.0 Å². The van der Waals surface area contributed by atoms with E-state index < -0.39 is 15.8 Å². The first kappa shape index (κ1) is 17.4. The van der Waals surface area contributed by atoms with Crippen molar-refractivity contribution in [3.05, 3.63) is 77.3 Å². The van der Waals surface area contributed by atoms with Crippen LogP contribution in [0.15, 0.2) is 65.8 Å². The van der Waals surface area contributed by atoms with E-state index >= 15 is 0 Å². The lowest BCUT2D eigenvalue weighted by Crippen LogP contribution is -2.15. The summed E-state index contributed by atoms with van der Waals surface area (Å²) >= 11 is 5.95. The Morgan fingerprint density at radius 2 is 1.80 bits per heavy atom. The summed E-state index contributed by atoms with van der Waals surface area (Å²) in [6.45, 7) is 1.73. The van der Waals surface area contributed by atoms with Crippen LogP contribution < -0.4 is 4.72 Å². The van der Waals surface area contributed by atoms with Crippen LogP contribution in [0.4, 0.5) is 10.1 Å². The van der Waals surface area contributed by atoms with Gasteiger partial charge in [0, 0.05) is 23.0 Å². The molecular formula is C18H14ClFN2O2S. The lowest BCUT2D eigenvalue weighted by molar-refractivity contribution is 0.598. The number of aryl methyl sites for hydroxylation is 1. The molecule has 0 radical (unpaired) electrons. The third kappa shape index (κ3) is 3.81. The smallest absolute Gasteiger partial charge is 0.263 e. The minimum absolute atomic E-state index is 0.0409. The maximum Gasteiger partial charge on any atom is 0.263 e. The molecule has 0 spiro atoms. The second kappa shape index (κ2) is 6.82. The number of hydrogen-bond acceptors (Lipinski definition) is 3. The fourth-order valence-electron chi connectivity index (χ4n) is 2.39. The number of sulfonamides is 1. The van der Waals surface area contributed by atoms with Crippen molar-refractivity contribution in [1.82, 2.24) is 4.98 Å². The lowest BCUT2D eigenvalue weighted by atomic mass is 10.0. The monoisotopic (exact) mass is 376 g/mol. The van der Waals surface area contributed by atoms with E-state index in [0.717, 1.165) is 6.07 Å². The Bertz CT molecular complexity index is 1020. The van der Waals surface area contributed by atoms with Crippen molar-refractivity contribution in [2.75, 3.05) is 4.72 Å². The van der Waals surface area contributed by atoms with E-state index in [1.54, 1.807) is 31.2 Å². The number of hydrogen-bond donors (Lipinski definition) is 1. The van der Waals surface area contributed by atoms with Crippen LogP contribution >= 0.6 is 11.6 Å². The van der Waals surface area contributed by atoms with Gasteiger partial charge >= 0.3 is 0 Å². The van der Waals surface area contributed by atoms with Crippen molar-refractivity contribution in [1.29, 1.82) is 0 Å². The van der Waals surface area contributed by atoms with Crippen molar-refractivity contribution in [3.8, 4) is 11.1 Å². The van der Waals surface area contributed by atoms with Crippen LogP contribution in [0.1, 0.15) is 5.56 Å². The third-order valence-electron chi connectivity index (χ3n) is 3.54. The second-order valence-electron chi connectivity index (χ2n) is 5.48. The molecule has 3 aromatic rings. The number of anilines is 1. The first-order valence-corrected chi connectivity index (χ1v) is 9.22. The Labute approximate surface area is 150 Å². The zero-order valence-corrected chi connectivity index (χ0v) is 14.8. The molecule has 3 rings (SSSR count). The maximum atomic E-state index is 14.5. The summed E-state index contributed by atoms with van der Waals surface area (Å²) in [4.78, 5) is 3.83. The standard InChI is InChI=1S/C18H14ClFN2O2S/c1-12-7-15(11-21-10-12)25(23,24)22-18-16(8-14(19)9-17(18)20)13-5-3-2-4-6-13/h2-11,22H,1H3. The summed E-state index contributed by atoms with van der Waals surface area (Å²) < 4.78 is 42.1. The fraction of sp³-hybridized carbons (Fsp3) is 0.0556. The molecule has 0 aliphatic carbocycles. The lowest BCUT2D eigenvalue weighted by Gasteiger charge is -2.14. The van der Waals surface area contributed by atoms with Gasteiger partial charge in [0.25, 0.3) is 10.0 Å². The quantitative estimate of drug-likeness (QED) is 0.721. The highest BCUT2D eigenvalue weighted by atomic mass is 35.5. The Hall–Kier alpha value is -2.44. The maximum absolute atomic E-state index is 14.5. The van der Waals surface area contributed by atoms with Gasteiger partial charge in [-0.15, -0.1) is 0 Å². The molecular weight excluding hydrogens is 363 g/mol. The summed E-state index contributed by atoms with van der Waals surface area (Å²) in [5.41, 5.74) is 1.53. The van der Waals surface area contributed by atoms with E-state index in [9.17, 15) is 12.8 Å². The zero-order valence-electron chi connectivity index (χ0n) is 13.2. The van der Waals surface area contributed by atoms with Crippen molar-refractivity contribution >= 4 is 27.3 Å². The van der Waals surface area contributed by atoms with E-state index in [2.05, 4.69) is 9.71 Å². The van der Waals surface area contributed by atoms with Gasteiger partial charge in [-0.1, -0.05) is 41.9 Å². The van der Waals surface area contributed by atoms with E-state index in [1.807, 2.05) is 6.07 Å². The molecule has 1 aromatic heterocycles.